The van der Waals surface area contributed by atoms with Gasteiger partial charge in [0.2, 0.25) is 0 Å². The van der Waals surface area contributed by atoms with Gasteiger partial charge in [0, 0.05) is 23.6 Å². The van der Waals surface area contributed by atoms with Crippen molar-refractivity contribution in [3.05, 3.63) is 83.8 Å². The second-order valence-electron chi connectivity index (χ2n) is 8.13. The van der Waals surface area contributed by atoms with E-state index in [2.05, 4.69) is 11.6 Å². The van der Waals surface area contributed by atoms with Crippen molar-refractivity contribution in [2.75, 3.05) is 6.61 Å². The fourth-order valence-electron chi connectivity index (χ4n) is 3.83. The highest BCUT2D eigenvalue weighted by Gasteiger charge is 2.24. The Bertz CT molecular complexity index is 1340. The van der Waals surface area contributed by atoms with Gasteiger partial charge in [-0.2, -0.15) is 13.2 Å². The van der Waals surface area contributed by atoms with E-state index in [0.29, 0.717) is 18.2 Å². The van der Waals surface area contributed by atoms with E-state index in [1.165, 1.54) is 12.0 Å². The molecule has 2 nitrogen and oxygen atoms in total. The average molecular weight is 487 g/mol. The second kappa shape index (κ2) is 9.96. The van der Waals surface area contributed by atoms with E-state index < -0.39 is 34.6 Å². The standard InChI is InChI=1S/C27H19F6NO/c1-2-16-3-6-20(35-15-16)7-4-17-5-8-24(34-14-17)18-11-19-13-22(28)21(9-10-27(31,32)33)26(30)25(19)23(29)12-18/h2,4-5,7-8,11-14,16,20H,1,3,6,15H2/b7-4+. The second-order valence-corrected chi connectivity index (χ2v) is 8.13. The molecule has 8 heteroatoms. The molecule has 0 aliphatic carbocycles. The molecule has 2 unspecified atom stereocenters. The molecule has 0 bridgehead atoms. The fraction of sp³-hybridized carbons (Fsp3) is 0.222. The predicted molar refractivity (Wildman–Crippen MR) is 122 cm³/mol. The molecule has 1 saturated heterocycles. The van der Waals surface area contributed by atoms with Crippen molar-refractivity contribution >= 4 is 16.8 Å². The number of hydrogen-bond donors (Lipinski definition) is 0. The van der Waals surface area contributed by atoms with Gasteiger partial charge in [0.15, 0.2) is 5.82 Å². The maximum Gasteiger partial charge on any atom is 0.458 e. The zero-order chi connectivity index (χ0) is 25.2. The van der Waals surface area contributed by atoms with Gasteiger partial charge in [-0.15, -0.1) is 6.58 Å². The Labute approximate surface area is 197 Å². The Morgan fingerprint density at radius 3 is 2.49 bits per heavy atom. The smallest absolute Gasteiger partial charge is 0.374 e. The average Bonchev–Trinajstić information content (AvgIpc) is 2.82. The predicted octanol–water partition coefficient (Wildman–Crippen LogP) is 7.23. The van der Waals surface area contributed by atoms with Crippen LogP contribution in [-0.2, 0) is 4.74 Å². The monoisotopic (exact) mass is 487 g/mol. The van der Waals surface area contributed by atoms with E-state index >= 15 is 0 Å². The molecule has 0 spiro atoms. The summed E-state index contributed by atoms with van der Waals surface area (Å²) in [6.45, 7) is 4.40. The number of pyridine rings is 1. The topological polar surface area (TPSA) is 22.1 Å². The van der Waals surface area contributed by atoms with E-state index in [0.717, 1.165) is 36.5 Å². The summed E-state index contributed by atoms with van der Waals surface area (Å²) < 4.78 is 86.4. The fourth-order valence-corrected chi connectivity index (χ4v) is 3.83. The van der Waals surface area contributed by atoms with Crippen LogP contribution >= 0.6 is 0 Å². The van der Waals surface area contributed by atoms with Crippen LogP contribution in [0.2, 0.25) is 0 Å². The minimum atomic E-state index is -4.94. The molecule has 0 radical (unpaired) electrons. The summed E-state index contributed by atoms with van der Waals surface area (Å²) >= 11 is 0. The van der Waals surface area contributed by atoms with Gasteiger partial charge < -0.3 is 4.74 Å². The molecular weight excluding hydrogens is 468 g/mol. The lowest BCUT2D eigenvalue weighted by molar-refractivity contribution is -0.0696. The number of nitrogens with zero attached hydrogens (tertiary/aromatic N) is 1. The van der Waals surface area contributed by atoms with Crippen molar-refractivity contribution in [3.8, 4) is 23.1 Å². The molecule has 180 valence electrons. The van der Waals surface area contributed by atoms with Gasteiger partial charge in [0.1, 0.15) is 11.6 Å². The highest BCUT2D eigenvalue weighted by Crippen LogP contribution is 2.31. The molecule has 35 heavy (non-hydrogen) atoms. The molecule has 4 rings (SSSR count). The summed E-state index contributed by atoms with van der Waals surface area (Å²) in [5, 5.41) is -0.807. The van der Waals surface area contributed by atoms with Gasteiger partial charge in [0.25, 0.3) is 0 Å². The number of ether oxygens (including phenoxy) is 1. The largest absolute Gasteiger partial charge is 0.458 e. The number of hydrogen-bond acceptors (Lipinski definition) is 2. The molecule has 0 saturated carbocycles. The molecule has 0 N–H and O–H groups in total. The van der Waals surface area contributed by atoms with Gasteiger partial charge in [-0.05, 0) is 48.1 Å². The third-order valence-corrected chi connectivity index (χ3v) is 5.68. The Kier molecular flexibility index (Phi) is 6.99. The normalized spacial score (nSPS) is 18.5. The lowest BCUT2D eigenvalue weighted by Crippen LogP contribution is -2.22. The summed E-state index contributed by atoms with van der Waals surface area (Å²) in [6.07, 6.45) is 4.20. The van der Waals surface area contributed by atoms with Crippen LogP contribution in [0.3, 0.4) is 0 Å². The van der Waals surface area contributed by atoms with Gasteiger partial charge >= 0.3 is 6.18 Å². The zero-order valence-electron chi connectivity index (χ0n) is 18.3. The summed E-state index contributed by atoms with van der Waals surface area (Å²) in [5.74, 6) is -1.29. The third-order valence-electron chi connectivity index (χ3n) is 5.68. The van der Waals surface area contributed by atoms with Crippen molar-refractivity contribution in [1.29, 1.82) is 0 Å². The SMILES string of the molecule is C=CC1CCC(/C=C/c2ccc(-c3cc(F)c4c(F)c(C#CC(F)(F)F)c(F)cc4c3)nc2)OC1. The quantitative estimate of drug-likeness (QED) is 0.220. The lowest BCUT2D eigenvalue weighted by atomic mass is 9.98. The van der Waals surface area contributed by atoms with Crippen molar-refractivity contribution in [3.63, 3.8) is 0 Å². The van der Waals surface area contributed by atoms with E-state index in [1.54, 1.807) is 18.3 Å². The van der Waals surface area contributed by atoms with Crippen molar-refractivity contribution in [2.24, 2.45) is 5.92 Å². The summed E-state index contributed by atoms with van der Waals surface area (Å²) in [5.41, 5.74) is 0.254. The summed E-state index contributed by atoms with van der Waals surface area (Å²) in [7, 11) is 0. The number of rotatable bonds is 4. The van der Waals surface area contributed by atoms with Crippen LogP contribution in [-0.4, -0.2) is 23.9 Å². The summed E-state index contributed by atoms with van der Waals surface area (Å²) in [6, 6.07) is 6.45. The summed E-state index contributed by atoms with van der Waals surface area (Å²) in [4.78, 5) is 4.30. The van der Waals surface area contributed by atoms with Crippen LogP contribution in [0.25, 0.3) is 28.1 Å². The highest BCUT2D eigenvalue weighted by molar-refractivity contribution is 5.89. The Hall–Kier alpha value is -3.57. The van der Waals surface area contributed by atoms with Crippen LogP contribution in [0.4, 0.5) is 26.3 Å². The number of alkyl halides is 3. The highest BCUT2D eigenvalue weighted by atomic mass is 19.4. The van der Waals surface area contributed by atoms with Crippen LogP contribution in [0.5, 0.6) is 0 Å². The number of halogens is 6. The minimum absolute atomic E-state index is 0.00374. The Balaban J connectivity index is 1.59. The molecule has 1 aromatic heterocycles. The van der Waals surface area contributed by atoms with E-state index in [1.807, 2.05) is 18.2 Å². The Morgan fingerprint density at radius 1 is 1.06 bits per heavy atom. The van der Waals surface area contributed by atoms with Crippen molar-refractivity contribution < 1.29 is 31.1 Å². The van der Waals surface area contributed by atoms with Gasteiger partial charge in [0.05, 0.1) is 29.4 Å². The minimum Gasteiger partial charge on any atom is -0.374 e. The molecule has 2 aromatic carbocycles. The third kappa shape index (κ3) is 5.75. The molecule has 2 atom stereocenters. The van der Waals surface area contributed by atoms with Gasteiger partial charge in [-0.1, -0.05) is 30.2 Å². The number of aromatic nitrogens is 1. The molecule has 1 aliphatic heterocycles. The van der Waals surface area contributed by atoms with Gasteiger partial charge in [-0.25, -0.2) is 13.2 Å². The molecule has 2 heterocycles. The van der Waals surface area contributed by atoms with Gasteiger partial charge in [-0.3, -0.25) is 4.98 Å². The molecule has 1 aliphatic rings. The number of benzene rings is 2. The maximum absolute atomic E-state index is 14.7. The molecule has 1 fully saturated rings. The molecule has 3 aromatic rings. The first-order valence-electron chi connectivity index (χ1n) is 10.7. The van der Waals surface area contributed by atoms with E-state index in [9.17, 15) is 26.3 Å². The van der Waals surface area contributed by atoms with E-state index in [-0.39, 0.29) is 17.1 Å². The Morgan fingerprint density at radius 2 is 1.86 bits per heavy atom. The van der Waals surface area contributed by atoms with Crippen molar-refractivity contribution in [2.45, 2.75) is 25.1 Å². The molecular formula is C27H19F6NO. The zero-order valence-corrected chi connectivity index (χ0v) is 18.3. The van der Waals surface area contributed by atoms with Crippen LogP contribution in [0.1, 0.15) is 24.0 Å². The first-order chi connectivity index (χ1) is 16.6. The molecule has 0 amide bonds. The van der Waals surface area contributed by atoms with Crippen LogP contribution in [0, 0.1) is 35.2 Å². The van der Waals surface area contributed by atoms with E-state index in [4.69, 9.17) is 4.74 Å². The van der Waals surface area contributed by atoms with Crippen LogP contribution in [0.15, 0.2) is 55.3 Å². The first-order valence-corrected chi connectivity index (χ1v) is 10.7. The lowest BCUT2D eigenvalue weighted by Gasteiger charge is -2.25. The maximum atomic E-state index is 14.7. The van der Waals surface area contributed by atoms with Crippen molar-refractivity contribution in [1.82, 2.24) is 4.98 Å². The first kappa shape index (κ1) is 24.6. The van der Waals surface area contributed by atoms with Crippen LogP contribution < -0.4 is 0 Å². The number of fused-ring (bicyclic) bond motifs is 1.